The van der Waals surface area contributed by atoms with Crippen LogP contribution < -0.4 is 4.74 Å². The molecule has 0 aliphatic rings. The van der Waals surface area contributed by atoms with Crippen LogP contribution in [0.2, 0.25) is 0 Å². The molecule has 5 heteroatoms. The molecule has 0 bridgehead atoms. The lowest BCUT2D eigenvalue weighted by Crippen LogP contribution is -2.41. The number of carboxylic acid groups (broad SMARTS) is 2. The molecule has 138 valence electrons. The van der Waals surface area contributed by atoms with Gasteiger partial charge in [-0.2, -0.15) is 0 Å². The molecule has 0 fully saturated rings. The van der Waals surface area contributed by atoms with Gasteiger partial charge in [-0.05, 0) is 36.1 Å². The molecule has 0 amide bonds. The Morgan fingerprint density at radius 1 is 0.923 bits per heavy atom. The largest absolute Gasteiger partial charge is 0.489 e. The van der Waals surface area contributed by atoms with E-state index in [-0.39, 0.29) is 12.8 Å². The maximum absolute atomic E-state index is 11.7. The van der Waals surface area contributed by atoms with Gasteiger partial charge in [-0.15, -0.1) is 0 Å². The summed E-state index contributed by atoms with van der Waals surface area (Å²) in [7, 11) is 0. The van der Waals surface area contributed by atoms with E-state index in [0.717, 1.165) is 12.0 Å². The van der Waals surface area contributed by atoms with Crippen LogP contribution in [0.5, 0.6) is 5.75 Å². The first kappa shape index (κ1) is 19.5. The molecule has 5 nitrogen and oxygen atoms in total. The van der Waals surface area contributed by atoms with Gasteiger partial charge in [0.1, 0.15) is 12.4 Å². The van der Waals surface area contributed by atoms with Gasteiger partial charge < -0.3 is 14.9 Å². The molecular formula is C21H24O5. The van der Waals surface area contributed by atoms with Gasteiger partial charge in [0.2, 0.25) is 0 Å². The molecule has 0 unspecified atom stereocenters. The maximum Gasteiger partial charge on any atom is 0.321 e. The molecule has 0 saturated heterocycles. The zero-order valence-electron chi connectivity index (χ0n) is 14.9. The van der Waals surface area contributed by atoms with E-state index in [1.165, 1.54) is 0 Å². The van der Waals surface area contributed by atoms with Crippen LogP contribution in [0.3, 0.4) is 0 Å². The van der Waals surface area contributed by atoms with Crippen LogP contribution in [-0.4, -0.2) is 22.2 Å². The summed E-state index contributed by atoms with van der Waals surface area (Å²) in [6, 6.07) is 16.7. The van der Waals surface area contributed by atoms with E-state index in [0.29, 0.717) is 24.3 Å². The van der Waals surface area contributed by atoms with Crippen molar-refractivity contribution in [2.75, 3.05) is 0 Å². The summed E-state index contributed by atoms with van der Waals surface area (Å²) in [6.45, 7) is 2.35. The molecule has 2 aromatic carbocycles. The van der Waals surface area contributed by atoms with Crippen molar-refractivity contribution in [3.63, 3.8) is 0 Å². The lowest BCUT2D eigenvalue weighted by atomic mass is 9.77. The number of aliphatic carboxylic acids is 2. The van der Waals surface area contributed by atoms with Crippen LogP contribution in [0.15, 0.2) is 54.6 Å². The minimum Gasteiger partial charge on any atom is -0.489 e. The zero-order chi connectivity index (χ0) is 19.0. The summed E-state index contributed by atoms with van der Waals surface area (Å²) in [5, 5.41) is 19.1. The molecule has 0 spiro atoms. The fourth-order valence-electron chi connectivity index (χ4n) is 2.82. The monoisotopic (exact) mass is 356 g/mol. The van der Waals surface area contributed by atoms with Crippen molar-refractivity contribution in [2.45, 2.75) is 39.2 Å². The van der Waals surface area contributed by atoms with Crippen molar-refractivity contribution in [3.05, 3.63) is 65.7 Å². The number of unbranched alkanes of at least 4 members (excludes halogenated alkanes) is 1. The third-order valence-electron chi connectivity index (χ3n) is 4.45. The summed E-state index contributed by atoms with van der Waals surface area (Å²) in [4.78, 5) is 23.4. The van der Waals surface area contributed by atoms with Gasteiger partial charge in [0, 0.05) is 0 Å². The van der Waals surface area contributed by atoms with Crippen molar-refractivity contribution in [1.82, 2.24) is 0 Å². The van der Waals surface area contributed by atoms with Crippen LogP contribution in [0.4, 0.5) is 0 Å². The Morgan fingerprint density at radius 2 is 1.54 bits per heavy atom. The van der Waals surface area contributed by atoms with Gasteiger partial charge in [0.25, 0.3) is 0 Å². The van der Waals surface area contributed by atoms with E-state index in [1.54, 1.807) is 24.3 Å². The van der Waals surface area contributed by atoms with Crippen LogP contribution >= 0.6 is 0 Å². The standard InChI is InChI=1S/C21H24O5/c1-2-3-13-21(19(22)23,20(24)25)14-16-9-11-18(12-10-16)26-15-17-7-5-4-6-8-17/h4-12H,2-3,13-15H2,1H3,(H,22,23)(H,24,25). The van der Waals surface area contributed by atoms with E-state index in [2.05, 4.69) is 0 Å². The van der Waals surface area contributed by atoms with E-state index in [4.69, 9.17) is 4.74 Å². The number of carboxylic acids is 2. The molecule has 26 heavy (non-hydrogen) atoms. The third kappa shape index (κ3) is 4.85. The lowest BCUT2D eigenvalue weighted by molar-refractivity contribution is -0.165. The Hall–Kier alpha value is -2.82. The predicted molar refractivity (Wildman–Crippen MR) is 98.1 cm³/mol. The Kier molecular flexibility index (Phi) is 6.78. The van der Waals surface area contributed by atoms with E-state index >= 15 is 0 Å². The Balaban J connectivity index is 2.08. The minimum atomic E-state index is -1.79. The molecule has 0 aliphatic heterocycles. The number of hydrogen-bond acceptors (Lipinski definition) is 3. The number of carbonyl (C=O) groups is 2. The summed E-state index contributed by atoms with van der Waals surface area (Å²) >= 11 is 0. The average molecular weight is 356 g/mol. The van der Waals surface area contributed by atoms with E-state index < -0.39 is 17.4 Å². The summed E-state index contributed by atoms with van der Waals surface area (Å²) < 4.78 is 5.70. The molecule has 2 N–H and O–H groups in total. The summed E-state index contributed by atoms with van der Waals surface area (Å²) in [5.41, 5.74) is -0.0764. The van der Waals surface area contributed by atoms with Gasteiger partial charge in [0.15, 0.2) is 5.41 Å². The second kappa shape index (κ2) is 9.04. The van der Waals surface area contributed by atoms with Crippen molar-refractivity contribution in [1.29, 1.82) is 0 Å². The highest BCUT2D eigenvalue weighted by atomic mass is 16.5. The Bertz CT molecular complexity index is 708. The third-order valence-corrected chi connectivity index (χ3v) is 4.45. The summed E-state index contributed by atoms with van der Waals surface area (Å²) in [6.07, 6.45) is 1.36. The SMILES string of the molecule is CCCCC(Cc1ccc(OCc2ccccc2)cc1)(C(=O)O)C(=O)O. The van der Waals surface area contributed by atoms with Crippen molar-refractivity contribution < 1.29 is 24.5 Å². The van der Waals surface area contributed by atoms with Gasteiger partial charge in [0.05, 0.1) is 0 Å². The Labute approximate surface area is 153 Å². The van der Waals surface area contributed by atoms with Crippen molar-refractivity contribution >= 4 is 11.9 Å². The minimum absolute atomic E-state index is 0.0450. The molecule has 2 aromatic rings. The number of hydrogen-bond donors (Lipinski definition) is 2. The van der Waals surface area contributed by atoms with Gasteiger partial charge >= 0.3 is 11.9 Å². The smallest absolute Gasteiger partial charge is 0.321 e. The highest BCUT2D eigenvalue weighted by Crippen LogP contribution is 2.31. The van der Waals surface area contributed by atoms with Crippen LogP contribution in [0, 0.1) is 5.41 Å². The molecule has 0 aromatic heterocycles. The second-order valence-corrected chi connectivity index (χ2v) is 6.39. The zero-order valence-corrected chi connectivity index (χ0v) is 14.9. The van der Waals surface area contributed by atoms with Crippen molar-refractivity contribution in [3.8, 4) is 5.75 Å². The summed E-state index contributed by atoms with van der Waals surface area (Å²) in [5.74, 6) is -1.92. The average Bonchev–Trinajstić information content (AvgIpc) is 2.65. The molecule has 0 saturated carbocycles. The number of rotatable bonds is 10. The molecular weight excluding hydrogens is 332 g/mol. The van der Waals surface area contributed by atoms with E-state index in [9.17, 15) is 19.8 Å². The highest BCUT2D eigenvalue weighted by molar-refractivity contribution is 5.98. The quantitative estimate of drug-likeness (QED) is 0.625. The van der Waals surface area contributed by atoms with Gasteiger partial charge in [-0.3, -0.25) is 9.59 Å². The first-order valence-corrected chi connectivity index (χ1v) is 8.70. The molecule has 0 heterocycles. The highest BCUT2D eigenvalue weighted by Gasteiger charge is 2.45. The van der Waals surface area contributed by atoms with Crippen LogP contribution in [-0.2, 0) is 22.6 Å². The van der Waals surface area contributed by atoms with Crippen LogP contribution in [0.25, 0.3) is 0 Å². The van der Waals surface area contributed by atoms with E-state index in [1.807, 2.05) is 37.3 Å². The van der Waals surface area contributed by atoms with Gasteiger partial charge in [-0.1, -0.05) is 62.2 Å². The lowest BCUT2D eigenvalue weighted by Gasteiger charge is -2.25. The number of ether oxygens (including phenoxy) is 1. The predicted octanol–water partition coefficient (Wildman–Crippen LogP) is 4.15. The topological polar surface area (TPSA) is 83.8 Å². The second-order valence-electron chi connectivity index (χ2n) is 6.39. The maximum atomic E-state index is 11.7. The Morgan fingerprint density at radius 3 is 2.08 bits per heavy atom. The first-order chi connectivity index (χ1) is 12.5. The first-order valence-electron chi connectivity index (χ1n) is 8.70. The van der Waals surface area contributed by atoms with Gasteiger partial charge in [-0.25, -0.2) is 0 Å². The molecule has 0 radical (unpaired) electrons. The molecule has 0 aliphatic carbocycles. The van der Waals surface area contributed by atoms with Crippen molar-refractivity contribution in [2.24, 2.45) is 5.41 Å². The number of benzene rings is 2. The fraction of sp³-hybridized carbons (Fsp3) is 0.333. The van der Waals surface area contributed by atoms with Crippen LogP contribution in [0.1, 0.15) is 37.3 Å². The molecule has 2 rings (SSSR count). The molecule has 0 atom stereocenters. The fourth-order valence-corrected chi connectivity index (χ4v) is 2.82. The normalized spacial score (nSPS) is 11.1.